The summed E-state index contributed by atoms with van der Waals surface area (Å²) in [7, 11) is 1.60. The lowest BCUT2D eigenvalue weighted by Crippen LogP contribution is -2.14. The first-order valence-electron chi connectivity index (χ1n) is 9.00. The van der Waals surface area contributed by atoms with Crippen LogP contribution in [0.15, 0.2) is 54.7 Å². The summed E-state index contributed by atoms with van der Waals surface area (Å²) in [5.74, 6) is 0.287. The Bertz CT molecular complexity index is 975. The van der Waals surface area contributed by atoms with Gasteiger partial charge in [-0.3, -0.25) is 0 Å². The molecule has 0 bridgehead atoms. The van der Waals surface area contributed by atoms with Gasteiger partial charge in [-0.25, -0.2) is 9.48 Å². The topological polar surface area (TPSA) is 82.8 Å². The standard InChI is InChI=1S/C21H20N2O5/c1-26-18-9-6-15(13-19(18)28-20-3-2-12-27-20)17-10-11-22-23(17)16-7-4-14(5-8-16)21(24)25/h4-11,13,20H,2-3,12H2,1H3,(H,24,25). The molecule has 28 heavy (non-hydrogen) atoms. The monoisotopic (exact) mass is 380 g/mol. The van der Waals surface area contributed by atoms with Crippen LogP contribution in [0.2, 0.25) is 0 Å². The van der Waals surface area contributed by atoms with Gasteiger partial charge in [-0.05, 0) is 55.0 Å². The number of hydrogen-bond acceptors (Lipinski definition) is 5. The summed E-state index contributed by atoms with van der Waals surface area (Å²) in [4.78, 5) is 11.1. The van der Waals surface area contributed by atoms with Crippen LogP contribution in [0.4, 0.5) is 0 Å². The first-order chi connectivity index (χ1) is 13.7. The van der Waals surface area contributed by atoms with Crippen LogP contribution in [0.25, 0.3) is 16.9 Å². The van der Waals surface area contributed by atoms with Gasteiger partial charge in [0.15, 0.2) is 17.8 Å². The molecule has 1 unspecified atom stereocenters. The molecule has 0 aliphatic carbocycles. The lowest BCUT2D eigenvalue weighted by atomic mass is 10.1. The summed E-state index contributed by atoms with van der Waals surface area (Å²) in [5, 5.41) is 13.5. The molecular formula is C21H20N2O5. The minimum atomic E-state index is -0.960. The lowest BCUT2D eigenvalue weighted by Gasteiger charge is -2.17. The maximum absolute atomic E-state index is 11.1. The van der Waals surface area contributed by atoms with Crippen LogP contribution in [0.3, 0.4) is 0 Å². The Hall–Kier alpha value is -3.32. The smallest absolute Gasteiger partial charge is 0.335 e. The van der Waals surface area contributed by atoms with Crippen molar-refractivity contribution < 1.29 is 24.1 Å². The van der Waals surface area contributed by atoms with Gasteiger partial charge in [0.25, 0.3) is 0 Å². The minimum Gasteiger partial charge on any atom is -0.493 e. The number of carboxylic acid groups (broad SMARTS) is 1. The Kier molecular flexibility index (Phi) is 4.99. The molecule has 3 aromatic rings. The highest BCUT2D eigenvalue weighted by Crippen LogP contribution is 2.35. The number of aromatic nitrogens is 2. The first-order valence-corrected chi connectivity index (χ1v) is 9.00. The van der Waals surface area contributed by atoms with Gasteiger partial charge in [0, 0.05) is 12.0 Å². The van der Waals surface area contributed by atoms with Gasteiger partial charge < -0.3 is 19.3 Å². The fraction of sp³-hybridized carbons (Fsp3) is 0.238. The Morgan fingerprint density at radius 2 is 2.00 bits per heavy atom. The molecule has 1 aromatic heterocycles. The molecule has 2 heterocycles. The molecule has 1 saturated heterocycles. The molecule has 1 N–H and O–H groups in total. The quantitative estimate of drug-likeness (QED) is 0.701. The van der Waals surface area contributed by atoms with E-state index in [0.717, 1.165) is 29.8 Å². The van der Waals surface area contributed by atoms with Crippen LogP contribution in [0.5, 0.6) is 11.5 Å². The third-order valence-electron chi connectivity index (χ3n) is 4.61. The van der Waals surface area contributed by atoms with E-state index in [1.807, 2.05) is 24.3 Å². The van der Waals surface area contributed by atoms with Crippen LogP contribution in [0.1, 0.15) is 23.2 Å². The van der Waals surface area contributed by atoms with Crippen LogP contribution in [-0.2, 0) is 4.74 Å². The molecule has 0 saturated carbocycles. The highest BCUT2D eigenvalue weighted by Gasteiger charge is 2.20. The molecule has 4 rings (SSSR count). The Morgan fingerprint density at radius 3 is 2.68 bits per heavy atom. The van der Waals surface area contributed by atoms with E-state index in [2.05, 4.69) is 5.10 Å². The average molecular weight is 380 g/mol. The van der Waals surface area contributed by atoms with E-state index in [1.165, 1.54) is 0 Å². The van der Waals surface area contributed by atoms with Crippen LogP contribution >= 0.6 is 0 Å². The van der Waals surface area contributed by atoms with Crippen molar-refractivity contribution in [3.63, 3.8) is 0 Å². The summed E-state index contributed by atoms with van der Waals surface area (Å²) in [5.41, 5.74) is 2.74. The van der Waals surface area contributed by atoms with Crippen molar-refractivity contribution in [1.82, 2.24) is 9.78 Å². The molecular weight excluding hydrogens is 360 g/mol. The Balaban J connectivity index is 1.68. The third kappa shape index (κ3) is 3.57. The Labute approximate surface area is 162 Å². The fourth-order valence-electron chi connectivity index (χ4n) is 3.18. The second-order valence-corrected chi connectivity index (χ2v) is 6.41. The zero-order valence-corrected chi connectivity index (χ0v) is 15.4. The Morgan fingerprint density at radius 1 is 1.18 bits per heavy atom. The SMILES string of the molecule is COc1ccc(-c2ccnn2-c2ccc(C(=O)O)cc2)cc1OC1CCCO1. The minimum absolute atomic E-state index is 0.231. The summed E-state index contributed by atoms with van der Waals surface area (Å²) >= 11 is 0. The highest BCUT2D eigenvalue weighted by molar-refractivity contribution is 5.87. The number of hydrogen-bond donors (Lipinski definition) is 1. The maximum Gasteiger partial charge on any atom is 0.335 e. The summed E-state index contributed by atoms with van der Waals surface area (Å²) in [6, 6.07) is 14.2. The van der Waals surface area contributed by atoms with E-state index in [1.54, 1.807) is 42.3 Å². The molecule has 7 nitrogen and oxygen atoms in total. The molecule has 1 aliphatic rings. The van der Waals surface area contributed by atoms with Gasteiger partial charge >= 0.3 is 5.97 Å². The number of nitrogens with zero attached hydrogens (tertiary/aromatic N) is 2. The molecule has 0 amide bonds. The zero-order valence-electron chi connectivity index (χ0n) is 15.4. The second-order valence-electron chi connectivity index (χ2n) is 6.41. The number of aromatic carboxylic acids is 1. The largest absolute Gasteiger partial charge is 0.493 e. The molecule has 2 aromatic carbocycles. The van der Waals surface area contributed by atoms with Gasteiger partial charge in [-0.1, -0.05) is 0 Å². The van der Waals surface area contributed by atoms with Crippen LogP contribution in [-0.4, -0.2) is 40.9 Å². The van der Waals surface area contributed by atoms with E-state index < -0.39 is 5.97 Å². The van der Waals surface area contributed by atoms with Gasteiger partial charge in [-0.2, -0.15) is 5.10 Å². The number of carboxylic acids is 1. The van der Waals surface area contributed by atoms with Crippen molar-refractivity contribution in [2.75, 3.05) is 13.7 Å². The second kappa shape index (κ2) is 7.74. The van der Waals surface area contributed by atoms with Gasteiger partial charge in [0.2, 0.25) is 0 Å². The predicted molar refractivity (Wildman–Crippen MR) is 102 cm³/mol. The van der Waals surface area contributed by atoms with E-state index in [-0.39, 0.29) is 11.9 Å². The van der Waals surface area contributed by atoms with Crippen molar-refractivity contribution in [3.8, 4) is 28.4 Å². The molecule has 144 valence electrons. The zero-order chi connectivity index (χ0) is 19.5. The maximum atomic E-state index is 11.1. The van der Waals surface area contributed by atoms with Crippen molar-refractivity contribution in [1.29, 1.82) is 0 Å². The molecule has 0 radical (unpaired) electrons. The third-order valence-corrected chi connectivity index (χ3v) is 4.61. The number of rotatable bonds is 6. The molecule has 1 fully saturated rings. The van der Waals surface area contributed by atoms with Crippen molar-refractivity contribution >= 4 is 5.97 Å². The van der Waals surface area contributed by atoms with Crippen LogP contribution < -0.4 is 9.47 Å². The summed E-state index contributed by atoms with van der Waals surface area (Å²) in [6.07, 6.45) is 3.26. The molecule has 0 spiro atoms. The van der Waals surface area contributed by atoms with E-state index in [0.29, 0.717) is 18.1 Å². The van der Waals surface area contributed by atoms with Crippen LogP contribution in [0, 0.1) is 0 Å². The molecule has 1 atom stereocenters. The van der Waals surface area contributed by atoms with Crippen molar-refractivity contribution in [3.05, 3.63) is 60.3 Å². The summed E-state index contributed by atoms with van der Waals surface area (Å²) in [6.45, 7) is 0.700. The fourth-order valence-corrected chi connectivity index (χ4v) is 3.18. The van der Waals surface area contributed by atoms with E-state index in [4.69, 9.17) is 19.3 Å². The lowest BCUT2D eigenvalue weighted by molar-refractivity contribution is -0.0402. The number of methoxy groups -OCH3 is 1. The average Bonchev–Trinajstić information content (AvgIpc) is 3.40. The van der Waals surface area contributed by atoms with Gasteiger partial charge in [-0.15, -0.1) is 0 Å². The number of ether oxygens (including phenoxy) is 3. The first kappa shape index (κ1) is 18.1. The number of carbonyl (C=O) groups is 1. The highest BCUT2D eigenvalue weighted by atomic mass is 16.7. The summed E-state index contributed by atoms with van der Waals surface area (Å²) < 4.78 is 18.7. The predicted octanol–water partition coefficient (Wildman–Crippen LogP) is 3.76. The number of benzene rings is 2. The van der Waals surface area contributed by atoms with E-state index >= 15 is 0 Å². The molecule has 7 heteroatoms. The van der Waals surface area contributed by atoms with Crippen molar-refractivity contribution in [2.45, 2.75) is 19.1 Å². The van der Waals surface area contributed by atoms with Gasteiger partial charge in [0.1, 0.15) is 0 Å². The van der Waals surface area contributed by atoms with Gasteiger partial charge in [0.05, 0.1) is 36.9 Å². The molecule has 1 aliphatic heterocycles. The van der Waals surface area contributed by atoms with E-state index in [9.17, 15) is 4.79 Å². The normalized spacial score (nSPS) is 16.1. The van der Waals surface area contributed by atoms with Crippen molar-refractivity contribution in [2.24, 2.45) is 0 Å².